The van der Waals surface area contributed by atoms with Crippen molar-refractivity contribution in [2.24, 2.45) is 0 Å². The van der Waals surface area contributed by atoms with Gasteiger partial charge in [0.15, 0.2) is 0 Å². The molecule has 2 nitrogen and oxygen atoms in total. The van der Waals surface area contributed by atoms with Crippen LogP contribution in [0.1, 0.15) is 12.5 Å². The molecule has 1 heterocycles. The van der Waals surface area contributed by atoms with Crippen molar-refractivity contribution in [2.45, 2.75) is 13.3 Å². The van der Waals surface area contributed by atoms with Gasteiger partial charge in [-0.05, 0) is 25.1 Å². The lowest BCUT2D eigenvalue weighted by Gasteiger charge is -1.99. The molecule has 0 N–H and O–H groups in total. The van der Waals surface area contributed by atoms with E-state index in [0.29, 0.717) is 16.5 Å². The highest BCUT2D eigenvalue weighted by atomic mass is 19.1. The number of fused-ring (bicyclic) bond motifs is 1. The van der Waals surface area contributed by atoms with Gasteiger partial charge in [-0.1, -0.05) is 0 Å². The second-order valence-corrected chi connectivity index (χ2v) is 3.28. The number of carbonyl (C=O) groups excluding carboxylic acids is 1. The van der Waals surface area contributed by atoms with Crippen molar-refractivity contribution >= 4 is 16.8 Å². The molecule has 0 atom stereocenters. The third kappa shape index (κ3) is 1.53. The van der Waals surface area contributed by atoms with Gasteiger partial charge in [-0.3, -0.25) is 4.79 Å². The van der Waals surface area contributed by atoms with Crippen molar-refractivity contribution in [3.8, 4) is 0 Å². The van der Waals surface area contributed by atoms with E-state index in [1.54, 1.807) is 6.07 Å². The average Bonchev–Trinajstić information content (AvgIpc) is 2.50. The Labute approximate surface area is 80.3 Å². The molecule has 0 fully saturated rings. The van der Waals surface area contributed by atoms with Crippen molar-refractivity contribution in [1.82, 2.24) is 0 Å². The van der Waals surface area contributed by atoms with Gasteiger partial charge >= 0.3 is 0 Å². The minimum atomic E-state index is -0.338. The molecule has 0 amide bonds. The summed E-state index contributed by atoms with van der Waals surface area (Å²) in [4.78, 5) is 10.9. The summed E-state index contributed by atoms with van der Waals surface area (Å²) in [5, 5.41) is 0.696. The van der Waals surface area contributed by atoms with Crippen LogP contribution in [-0.4, -0.2) is 5.78 Å². The van der Waals surface area contributed by atoms with E-state index in [1.807, 2.05) is 0 Å². The number of hydrogen-bond donors (Lipinski definition) is 0. The third-order valence-electron chi connectivity index (χ3n) is 2.03. The fourth-order valence-corrected chi connectivity index (χ4v) is 1.52. The number of halogens is 1. The maximum atomic E-state index is 13.1. The highest BCUT2D eigenvalue weighted by Crippen LogP contribution is 2.22. The van der Waals surface area contributed by atoms with E-state index in [1.165, 1.54) is 25.3 Å². The molecule has 14 heavy (non-hydrogen) atoms. The number of ketones is 1. The summed E-state index contributed by atoms with van der Waals surface area (Å²) in [7, 11) is 0. The van der Waals surface area contributed by atoms with Crippen LogP contribution in [0.25, 0.3) is 11.0 Å². The number of hydrogen-bond acceptors (Lipinski definition) is 2. The third-order valence-corrected chi connectivity index (χ3v) is 2.03. The average molecular weight is 192 g/mol. The zero-order valence-electron chi connectivity index (χ0n) is 7.71. The second-order valence-electron chi connectivity index (χ2n) is 3.28. The minimum absolute atomic E-state index is 0.00620. The SMILES string of the molecule is CC(=O)Cc1cc(F)cc2ccoc12. The van der Waals surface area contributed by atoms with E-state index < -0.39 is 0 Å². The first-order valence-electron chi connectivity index (χ1n) is 4.32. The van der Waals surface area contributed by atoms with E-state index in [-0.39, 0.29) is 18.0 Å². The first-order valence-corrected chi connectivity index (χ1v) is 4.32. The summed E-state index contributed by atoms with van der Waals surface area (Å²) >= 11 is 0. The summed E-state index contributed by atoms with van der Waals surface area (Å²) in [6.45, 7) is 1.47. The summed E-state index contributed by atoms with van der Waals surface area (Å²) in [6.07, 6.45) is 1.70. The molecule has 0 unspecified atom stereocenters. The lowest BCUT2D eigenvalue weighted by atomic mass is 10.1. The Balaban J connectivity index is 2.60. The maximum absolute atomic E-state index is 13.1. The number of Topliss-reactive ketones (excluding diaryl/α,β-unsaturated/α-hetero) is 1. The first-order chi connectivity index (χ1) is 6.66. The molecule has 0 bridgehead atoms. The smallest absolute Gasteiger partial charge is 0.137 e. The molecule has 72 valence electrons. The Hall–Kier alpha value is -1.64. The Bertz CT molecular complexity index is 485. The predicted molar refractivity (Wildman–Crippen MR) is 50.6 cm³/mol. The summed E-state index contributed by atoms with van der Waals surface area (Å²) < 4.78 is 18.3. The minimum Gasteiger partial charge on any atom is -0.464 e. The number of rotatable bonds is 2. The van der Waals surface area contributed by atoms with Crippen LogP contribution in [0.3, 0.4) is 0 Å². The van der Waals surface area contributed by atoms with Crippen molar-refractivity contribution in [1.29, 1.82) is 0 Å². The molecule has 0 aliphatic heterocycles. The summed E-state index contributed by atoms with van der Waals surface area (Å²) in [6, 6.07) is 4.41. The molecule has 1 aromatic heterocycles. The molecule has 0 aliphatic carbocycles. The van der Waals surface area contributed by atoms with E-state index in [9.17, 15) is 9.18 Å². The van der Waals surface area contributed by atoms with Crippen LogP contribution in [0.5, 0.6) is 0 Å². The number of carbonyl (C=O) groups is 1. The number of benzene rings is 1. The molecule has 2 aromatic rings. The molecule has 1 aromatic carbocycles. The zero-order chi connectivity index (χ0) is 10.1. The highest BCUT2D eigenvalue weighted by molar-refractivity contribution is 5.86. The van der Waals surface area contributed by atoms with E-state index >= 15 is 0 Å². The molecule has 0 saturated heterocycles. The topological polar surface area (TPSA) is 30.2 Å². The summed E-state index contributed by atoms with van der Waals surface area (Å²) in [5.41, 5.74) is 1.21. The van der Waals surface area contributed by atoms with Gasteiger partial charge < -0.3 is 4.42 Å². The van der Waals surface area contributed by atoms with Crippen LogP contribution in [-0.2, 0) is 11.2 Å². The second kappa shape index (κ2) is 3.25. The van der Waals surface area contributed by atoms with E-state index in [0.717, 1.165) is 0 Å². The Morgan fingerprint density at radius 3 is 3.00 bits per heavy atom. The van der Waals surface area contributed by atoms with Crippen LogP contribution >= 0.6 is 0 Å². The van der Waals surface area contributed by atoms with Crippen LogP contribution in [0.4, 0.5) is 4.39 Å². The lowest BCUT2D eigenvalue weighted by molar-refractivity contribution is -0.116. The van der Waals surface area contributed by atoms with Crippen LogP contribution < -0.4 is 0 Å². The Morgan fingerprint density at radius 1 is 1.50 bits per heavy atom. The van der Waals surface area contributed by atoms with E-state index in [2.05, 4.69) is 0 Å². The largest absolute Gasteiger partial charge is 0.464 e. The van der Waals surface area contributed by atoms with Crippen LogP contribution in [0.2, 0.25) is 0 Å². The monoisotopic (exact) mass is 192 g/mol. The molecule has 0 aliphatic rings. The molecular formula is C11H9FO2. The fraction of sp³-hybridized carbons (Fsp3) is 0.182. The molecule has 0 saturated carbocycles. The molecular weight excluding hydrogens is 183 g/mol. The predicted octanol–water partition coefficient (Wildman–Crippen LogP) is 2.70. The van der Waals surface area contributed by atoms with Crippen molar-refractivity contribution in [2.75, 3.05) is 0 Å². The molecule has 2 rings (SSSR count). The van der Waals surface area contributed by atoms with E-state index in [4.69, 9.17) is 4.42 Å². The van der Waals surface area contributed by atoms with Crippen molar-refractivity contribution < 1.29 is 13.6 Å². The van der Waals surface area contributed by atoms with Crippen LogP contribution in [0.15, 0.2) is 28.9 Å². The van der Waals surface area contributed by atoms with Gasteiger partial charge in [0.25, 0.3) is 0 Å². The molecule has 0 radical (unpaired) electrons. The van der Waals surface area contributed by atoms with Crippen molar-refractivity contribution in [3.05, 3.63) is 35.8 Å². The Kier molecular flexibility index (Phi) is 2.08. The zero-order valence-corrected chi connectivity index (χ0v) is 7.71. The highest BCUT2D eigenvalue weighted by Gasteiger charge is 2.08. The lowest BCUT2D eigenvalue weighted by Crippen LogP contribution is -1.97. The van der Waals surface area contributed by atoms with Gasteiger partial charge in [-0.2, -0.15) is 0 Å². The number of furan rings is 1. The van der Waals surface area contributed by atoms with Gasteiger partial charge in [0, 0.05) is 17.4 Å². The van der Waals surface area contributed by atoms with Gasteiger partial charge in [-0.15, -0.1) is 0 Å². The molecule has 3 heteroatoms. The standard InChI is InChI=1S/C11H9FO2/c1-7(13)4-9-6-10(12)5-8-2-3-14-11(8)9/h2-3,5-6H,4H2,1H3. The quantitative estimate of drug-likeness (QED) is 0.732. The van der Waals surface area contributed by atoms with Crippen LogP contribution in [0, 0.1) is 5.82 Å². The summed E-state index contributed by atoms with van der Waals surface area (Å²) in [5.74, 6) is -0.344. The maximum Gasteiger partial charge on any atom is 0.137 e. The van der Waals surface area contributed by atoms with Crippen molar-refractivity contribution in [3.63, 3.8) is 0 Å². The van der Waals surface area contributed by atoms with Gasteiger partial charge in [0.2, 0.25) is 0 Å². The fourth-order valence-electron chi connectivity index (χ4n) is 1.52. The van der Waals surface area contributed by atoms with Gasteiger partial charge in [-0.25, -0.2) is 4.39 Å². The normalized spacial score (nSPS) is 10.7. The van der Waals surface area contributed by atoms with Gasteiger partial charge in [0.1, 0.15) is 17.2 Å². The van der Waals surface area contributed by atoms with Gasteiger partial charge in [0.05, 0.1) is 6.26 Å². The molecule has 0 spiro atoms. The first kappa shape index (κ1) is 8.94. The Morgan fingerprint density at radius 2 is 2.29 bits per heavy atom.